The Hall–Kier alpha value is -0.660. The second-order valence-corrected chi connectivity index (χ2v) is 3.83. The van der Waals surface area contributed by atoms with Crippen molar-refractivity contribution in [2.45, 2.75) is 51.9 Å². The summed E-state index contributed by atoms with van der Waals surface area (Å²) < 4.78 is 0. The van der Waals surface area contributed by atoms with Crippen molar-refractivity contribution in [1.29, 1.82) is 0 Å². The lowest BCUT2D eigenvalue weighted by molar-refractivity contribution is -0.132. The number of hydrogen-bond donors (Lipinski definition) is 0. The van der Waals surface area contributed by atoms with Crippen LogP contribution >= 0.6 is 0 Å². The summed E-state index contributed by atoms with van der Waals surface area (Å²) in [6, 6.07) is 0. The Balaban J connectivity index is 2.53. The molecular weight excluding hydrogens is 164 g/mol. The van der Waals surface area contributed by atoms with Crippen molar-refractivity contribution in [2.75, 3.05) is 0 Å². The second-order valence-electron chi connectivity index (χ2n) is 3.83. The second kappa shape index (κ2) is 5.15. The number of ketones is 2. The minimum Gasteiger partial charge on any atom is -0.299 e. The molecule has 1 aliphatic rings. The molecule has 0 radical (unpaired) electrons. The van der Waals surface area contributed by atoms with E-state index in [2.05, 4.69) is 0 Å². The van der Waals surface area contributed by atoms with Gasteiger partial charge in [0.1, 0.15) is 11.6 Å². The van der Waals surface area contributed by atoms with Crippen LogP contribution in [0.3, 0.4) is 0 Å². The summed E-state index contributed by atoms with van der Waals surface area (Å²) in [5.74, 6) is 0.118. The zero-order valence-electron chi connectivity index (χ0n) is 8.34. The molecule has 74 valence electrons. The van der Waals surface area contributed by atoms with Crippen molar-refractivity contribution in [3.05, 3.63) is 0 Å². The van der Waals surface area contributed by atoms with Gasteiger partial charge < -0.3 is 0 Å². The Labute approximate surface area is 79.7 Å². The van der Waals surface area contributed by atoms with Crippen LogP contribution in [-0.4, -0.2) is 11.6 Å². The maximum atomic E-state index is 11.5. The van der Waals surface area contributed by atoms with Crippen LogP contribution in [0.25, 0.3) is 0 Å². The lowest BCUT2D eigenvalue weighted by Crippen LogP contribution is -2.22. The fourth-order valence-corrected chi connectivity index (χ4v) is 1.92. The molecule has 0 amide bonds. The first kappa shape index (κ1) is 10.4. The van der Waals surface area contributed by atoms with E-state index in [1.165, 1.54) is 0 Å². The van der Waals surface area contributed by atoms with E-state index in [1.54, 1.807) is 0 Å². The molecule has 0 spiro atoms. The van der Waals surface area contributed by atoms with Gasteiger partial charge in [-0.2, -0.15) is 0 Å². The Morgan fingerprint density at radius 3 is 2.85 bits per heavy atom. The monoisotopic (exact) mass is 182 g/mol. The van der Waals surface area contributed by atoms with Crippen LogP contribution in [0.15, 0.2) is 0 Å². The molecule has 0 heterocycles. The molecule has 1 aliphatic carbocycles. The highest BCUT2D eigenvalue weighted by molar-refractivity contribution is 6.02. The van der Waals surface area contributed by atoms with Crippen LogP contribution in [0.1, 0.15) is 51.9 Å². The smallest absolute Gasteiger partial charge is 0.143 e. The normalized spacial score (nSPS) is 24.1. The van der Waals surface area contributed by atoms with Crippen molar-refractivity contribution in [3.63, 3.8) is 0 Å². The van der Waals surface area contributed by atoms with E-state index in [1.807, 2.05) is 6.92 Å². The van der Waals surface area contributed by atoms with Gasteiger partial charge in [-0.1, -0.05) is 19.8 Å². The predicted octanol–water partition coefficient (Wildman–Crippen LogP) is 2.51. The van der Waals surface area contributed by atoms with Crippen molar-refractivity contribution in [1.82, 2.24) is 0 Å². The zero-order valence-corrected chi connectivity index (χ0v) is 8.34. The molecule has 0 saturated heterocycles. The summed E-state index contributed by atoms with van der Waals surface area (Å²) in [7, 11) is 0. The van der Waals surface area contributed by atoms with Gasteiger partial charge in [-0.25, -0.2) is 0 Å². The SMILES string of the molecule is CCCC(=O)C1CCCCCC1=O. The highest BCUT2D eigenvalue weighted by Gasteiger charge is 2.26. The molecule has 0 aliphatic heterocycles. The number of carbonyl (C=O) groups is 2. The largest absolute Gasteiger partial charge is 0.299 e. The van der Waals surface area contributed by atoms with Gasteiger partial charge in [-0.3, -0.25) is 9.59 Å². The van der Waals surface area contributed by atoms with E-state index in [9.17, 15) is 9.59 Å². The quantitative estimate of drug-likeness (QED) is 0.496. The Morgan fingerprint density at radius 2 is 2.15 bits per heavy atom. The van der Waals surface area contributed by atoms with Gasteiger partial charge in [0.15, 0.2) is 0 Å². The number of Topliss-reactive ketones (excluding diaryl/α,β-unsaturated/α-hetero) is 2. The summed E-state index contributed by atoms with van der Waals surface area (Å²) in [5, 5.41) is 0. The van der Waals surface area contributed by atoms with Crippen LogP contribution in [0.2, 0.25) is 0 Å². The van der Waals surface area contributed by atoms with Crippen molar-refractivity contribution in [3.8, 4) is 0 Å². The first-order chi connectivity index (χ1) is 6.25. The molecule has 1 rings (SSSR count). The first-order valence-corrected chi connectivity index (χ1v) is 5.31. The van der Waals surface area contributed by atoms with Gasteiger partial charge in [-0.15, -0.1) is 0 Å². The minimum atomic E-state index is -0.248. The number of carbonyl (C=O) groups excluding carboxylic acids is 2. The number of rotatable bonds is 3. The summed E-state index contributed by atoms with van der Waals surface area (Å²) in [5.41, 5.74) is 0. The molecule has 0 aromatic carbocycles. The van der Waals surface area contributed by atoms with Crippen molar-refractivity contribution in [2.24, 2.45) is 5.92 Å². The molecule has 0 aromatic heterocycles. The van der Waals surface area contributed by atoms with Crippen LogP contribution < -0.4 is 0 Å². The third-order valence-corrected chi connectivity index (χ3v) is 2.69. The molecule has 0 N–H and O–H groups in total. The molecule has 1 unspecified atom stereocenters. The average molecular weight is 182 g/mol. The molecule has 1 saturated carbocycles. The van der Waals surface area contributed by atoms with Gasteiger partial charge in [0.2, 0.25) is 0 Å². The van der Waals surface area contributed by atoms with Crippen LogP contribution in [0.4, 0.5) is 0 Å². The summed E-state index contributed by atoms with van der Waals surface area (Å²) >= 11 is 0. The third kappa shape index (κ3) is 2.94. The molecule has 0 aromatic rings. The maximum Gasteiger partial charge on any atom is 0.143 e. The fourth-order valence-electron chi connectivity index (χ4n) is 1.92. The molecule has 13 heavy (non-hydrogen) atoms. The van der Waals surface area contributed by atoms with Crippen LogP contribution in [-0.2, 0) is 9.59 Å². The van der Waals surface area contributed by atoms with E-state index in [-0.39, 0.29) is 17.5 Å². The van der Waals surface area contributed by atoms with Gasteiger partial charge in [0.25, 0.3) is 0 Å². The molecular formula is C11H18O2. The average Bonchev–Trinajstić information content (AvgIpc) is 2.30. The van der Waals surface area contributed by atoms with Crippen LogP contribution in [0, 0.1) is 5.92 Å². The standard InChI is InChI=1S/C11H18O2/c1-2-6-10(12)9-7-4-3-5-8-11(9)13/h9H,2-8H2,1H3. The first-order valence-electron chi connectivity index (χ1n) is 5.31. The summed E-state index contributed by atoms with van der Waals surface area (Å²) in [6.07, 6.45) is 6.01. The lowest BCUT2D eigenvalue weighted by Gasteiger charge is -2.10. The molecule has 0 bridgehead atoms. The Bertz CT molecular complexity index is 196. The summed E-state index contributed by atoms with van der Waals surface area (Å²) in [4.78, 5) is 23.1. The molecule has 2 nitrogen and oxygen atoms in total. The molecule has 2 heteroatoms. The maximum absolute atomic E-state index is 11.5. The number of hydrogen-bond acceptors (Lipinski definition) is 2. The van der Waals surface area contributed by atoms with E-state index in [0.717, 1.165) is 32.1 Å². The van der Waals surface area contributed by atoms with E-state index < -0.39 is 0 Å². The van der Waals surface area contributed by atoms with Crippen molar-refractivity contribution < 1.29 is 9.59 Å². The fraction of sp³-hybridized carbons (Fsp3) is 0.818. The van der Waals surface area contributed by atoms with E-state index >= 15 is 0 Å². The van der Waals surface area contributed by atoms with Crippen LogP contribution in [0.5, 0.6) is 0 Å². The highest BCUT2D eigenvalue weighted by atomic mass is 16.1. The lowest BCUT2D eigenvalue weighted by atomic mass is 9.92. The zero-order chi connectivity index (χ0) is 9.68. The topological polar surface area (TPSA) is 34.1 Å². The Morgan fingerprint density at radius 1 is 1.38 bits per heavy atom. The van der Waals surface area contributed by atoms with Crippen molar-refractivity contribution >= 4 is 11.6 Å². The molecule has 1 fully saturated rings. The van der Waals surface area contributed by atoms with Gasteiger partial charge in [0, 0.05) is 12.8 Å². The predicted molar refractivity (Wildman–Crippen MR) is 51.5 cm³/mol. The summed E-state index contributed by atoms with van der Waals surface area (Å²) in [6.45, 7) is 1.99. The Kier molecular flexibility index (Phi) is 4.13. The van der Waals surface area contributed by atoms with E-state index in [0.29, 0.717) is 12.8 Å². The minimum absolute atomic E-state index is 0.175. The molecule has 1 atom stereocenters. The highest BCUT2D eigenvalue weighted by Crippen LogP contribution is 2.22. The van der Waals surface area contributed by atoms with Gasteiger partial charge in [-0.05, 0) is 19.3 Å². The third-order valence-electron chi connectivity index (χ3n) is 2.69. The van der Waals surface area contributed by atoms with Gasteiger partial charge >= 0.3 is 0 Å². The van der Waals surface area contributed by atoms with E-state index in [4.69, 9.17) is 0 Å². The van der Waals surface area contributed by atoms with Gasteiger partial charge in [0.05, 0.1) is 5.92 Å².